The molecule has 6 nitrogen and oxygen atoms in total. The molecule has 7 heteroatoms. The molecule has 0 amide bonds. The Morgan fingerprint density at radius 2 is 1.43 bits per heavy atom. The standard InChI is InChI=1S/C33H21AsN4O2/c39-34(30-13-5-7-19-35-30)27-11-3-1-9-23(27)24-16-15-22(21-28(24)34)40-32-18-17-26-25-10-2-4-12-29(25)38(33(26)37-32)31-14-6-8-20-36-31/h1-21H. The van der Waals surface area contributed by atoms with Crippen molar-refractivity contribution in [2.75, 3.05) is 0 Å². The van der Waals surface area contributed by atoms with Gasteiger partial charge < -0.3 is 0 Å². The zero-order valence-corrected chi connectivity index (χ0v) is 23.1. The SMILES string of the molecule is O=[As]1(c2ccccn2)c2ccccc2-c2ccc(Oc3ccc4c5ccccc5n(-c5ccccn5)c4n3)cc21. The second-order valence-corrected chi connectivity index (χ2v) is 15.2. The summed E-state index contributed by atoms with van der Waals surface area (Å²) in [5.74, 6) is 1.81. The summed E-state index contributed by atoms with van der Waals surface area (Å²) in [6.45, 7) is 0. The van der Waals surface area contributed by atoms with E-state index >= 15 is 0 Å². The van der Waals surface area contributed by atoms with Gasteiger partial charge in [-0.05, 0) is 0 Å². The molecule has 8 rings (SSSR count). The van der Waals surface area contributed by atoms with Crippen LogP contribution in [0.3, 0.4) is 0 Å². The Balaban J connectivity index is 1.27. The molecule has 0 saturated heterocycles. The van der Waals surface area contributed by atoms with Gasteiger partial charge in [0.05, 0.1) is 0 Å². The molecule has 0 fully saturated rings. The van der Waals surface area contributed by atoms with Gasteiger partial charge in [0.25, 0.3) is 0 Å². The van der Waals surface area contributed by atoms with E-state index < -0.39 is 13.5 Å². The maximum absolute atomic E-state index is 14.9. The third-order valence-electron chi connectivity index (χ3n) is 7.41. The second kappa shape index (κ2) is 8.80. The Labute approximate surface area is 232 Å². The van der Waals surface area contributed by atoms with Crippen LogP contribution in [0.15, 0.2) is 128 Å². The summed E-state index contributed by atoms with van der Waals surface area (Å²) in [6.07, 6.45) is 3.48. The van der Waals surface area contributed by atoms with Crippen molar-refractivity contribution in [1.82, 2.24) is 19.5 Å². The molecule has 1 aliphatic heterocycles. The number of hydrogen-bond donors (Lipinski definition) is 0. The van der Waals surface area contributed by atoms with Gasteiger partial charge in [0.1, 0.15) is 0 Å². The predicted molar refractivity (Wildman–Crippen MR) is 158 cm³/mol. The first-order valence-electron chi connectivity index (χ1n) is 13.0. The fraction of sp³-hybridized carbons (Fsp3) is 0. The Bertz CT molecular complexity index is 2120. The van der Waals surface area contributed by atoms with Crippen molar-refractivity contribution in [3.63, 3.8) is 0 Å². The van der Waals surface area contributed by atoms with E-state index in [1.807, 2.05) is 103 Å². The minimum atomic E-state index is -4.00. The molecule has 3 aromatic carbocycles. The molecule has 4 aromatic heterocycles. The molecule has 0 spiro atoms. The van der Waals surface area contributed by atoms with E-state index in [4.69, 9.17) is 9.72 Å². The molecule has 0 aliphatic carbocycles. The predicted octanol–water partition coefficient (Wildman–Crippen LogP) is 5.14. The summed E-state index contributed by atoms with van der Waals surface area (Å²) >= 11 is -4.00. The molecular formula is C33H21AsN4O2. The van der Waals surface area contributed by atoms with Crippen LogP contribution in [0.4, 0.5) is 0 Å². The van der Waals surface area contributed by atoms with E-state index in [2.05, 4.69) is 26.7 Å². The van der Waals surface area contributed by atoms with Gasteiger partial charge in [0.2, 0.25) is 0 Å². The normalized spacial score (nSPS) is 15.7. The Morgan fingerprint density at radius 3 is 2.27 bits per heavy atom. The fourth-order valence-corrected chi connectivity index (χ4v) is 11.9. The summed E-state index contributed by atoms with van der Waals surface area (Å²) in [4.78, 5) is 14.1. The van der Waals surface area contributed by atoms with E-state index in [9.17, 15) is 3.74 Å². The average molecular weight is 580 g/mol. The van der Waals surface area contributed by atoms with Gasteiger partial charge in [-0.15, -0.1) is 0 Å². The Hall–Kier alpha value is -4.93. The van der Waals surface area contributed by atoms with E-state index in [0.29, 0.717) is 16.1 Å². The first-order valence-corrected chi connectivity index (χ1v) is 16.6. The average Bonchev–Trinajstić information content (AvgIpc) is 3.48. The van der Waals surface area contributed by atoms with Crippen LogP contribution in [0.5, 0.6) is 11.6 Å². The maximum atomic E-state index is 14.9. The van der Waals surface area contributed by atoms with Gasteiger partial charge in [-0.25, -0.2) is 0 Å². The molecule has 1 atom stereocenters. The number of hydrogen-bond acceptors (Lipinski definition) is 5. The third-order valence-corrected chi connectivity index (χ3v) is 13.8. The van der Waals surface area contributed by atoms with Crippen LogP contribution in [0.2, 0.25) is 0 Å². The van der Waals surface area contributed by atoms with Crippen molar-refractivity contribution < 1.29 is 8.48 Å². The van der Waals surface area contributed by atoms with Crippen LogP contribution in [-0.4, -0.2) is 33.0 Å². The molecule has 5 heterocycles. The van der Waals surface area contributed by atoms with E-state index in [-0.39, 0.29) is 0 Å². The molecule has 1 unspecified atom stereocenters. The van der Waals surface area contributed by atoms with Crippen LogP contribution in [0, 0.1) is 0 Å². The second-order valence-electron chi connectivity index (χ2n) is 9.66. The fourth-order valence-electron chi connectivity index (χ4n) is 5.67. The molecule has 40 heavy (non-hydrogen) atoms. The molecule has 190 valence electrons. The van der Waals surface area contributed by atoms with Gasteiger partial charge in [-0.1, -0.05) is 0 Å². The van der Waals surface area contributed by atoms with Crippen LogP contribution in [0.25, 0.3) is 38.9 Å². The quantitative estimate of drug-likeness (QED) is 0.270. The number of aromatic nitrogens is 4. The number of rotatable bonds is 4. The van der Waals surface area contributed by atoms with Crippen molar-refractivity contribution in [3.8, 4) is 28.6 Å². The Kier molecular flexibility index (Phi) is 5.06. The van der Waals surface area contributed by atoms with Crippen LogP contribution < -0.4 is 17.9 Å². The number of ether oxygens (including phenoxy) is 1. The van der Waals surface area contributed by atoms with E-state index in [1.54, 1.807) is 12.4 Å². The minimum absolute atomic E-state index is 0.447. The van der Waals surface area contributed by atoms with Crippen LogP contribution in [-0.2, 0) is 3.74 Å². The van der Waals surface area contributed by atoms with Gasteiger partial charge in [0, 0.05) is 0 Å². The summed E-state index contributed by atoms with van der Waals surface area (Å²) in [5.41, 5.74) is 3.75. The van der Waals surface area contributed by atoms with Crippen LogP contribution in [0.1, 0.15) is 0 Å². The molecule has 1 aliphatic rings. The topological polar surface area (TPSA) is 69.9 Å². The van der Waals surface area contributed by atoms with Crippen molar-refractivity contribution in [2.24, 2.45) is 0 Å². The number of nitrogens with zero attached hydrogens (tertiary/aromatic N) is 4. The first kappa shape index (κ1) is 23.0. The molecule has 0 bridgehead atoms. The summed E-state index contributed by atoms with van der Waals surface area (Å²) in [7, 11) is 0. The number of benzene rings is 3. The monoisotopic (exact) mass is 580 g/mol. The molecule has 0 saturated carbocycles. The number of para-hydroxylation sites is 1. The van der Waals surface area contributed by atoms with Crippen molar-refractivity contribution in [3.05, 3.63) is 128 Å². The molecule has 0 N–H and O–H groups in total. The van der Waals surface area contributed by atoms with Gasteiger partial charge in [-0.3, -0.25) is 0 Å². The van der Waals surface area contributed by atoms with E-state index in [1.165, 1.54) is 0 Å². The van der Waals surface area contributed by atoms with Crippen molar-refractivity contribution in [1.29, 1.82) is 0 Å². The van der Waals surface area contributed by atoms with Crippen LogP contribution >= 0.6 is 0 Å². The van der Waals surface area contributed by atoms with Gasteiger partial charge >= 0.3 is 233 Å². The third kappa shape index (κ3) is 3.33. The van der Waals surface area contributed by atoms with Gasteiger partial charge in [-0.2, -0.15) is 0 Å². The Morgan fingerprint density at radius 1 is 0.650 bits per heavy atom. The summed E-state index contributed by atoms with van der Waals surface area (Å²) in [5, 5.41) is 2.11. The molecule has 0 radical (unpaired) electrons. The van der Waals surface area contributed by atoms with Crippen molar-refractivity contribution in [2.45, 2.75) is 0 Å². The van der Waals surface area contributed by atoms with Crippen molar-refractivity contribution >= 4 is 48.6 Å². The zero-order chi connectivity index (χ0) is 26.7. The van der Waals surface area contributed by atoms with Gasteiger partial charge in [0.15, 0.2) is 0 Å². The van der Waals surface area contributed by atoms with E-state index in [0.717, 1.165) is 47.6 Å². The summed E-state index contributed by atoms with van der Waals surface area (Å²) in [6, 6.07) is 37.3. The molecular weight excluding hydrogens is 559 g/mol. The first-order chi connectivity index (χ1) is 19.7. The number of pyridine rings is 3. The molecule has 7 aromatic rings. The number of fused-ring (bicyclic) bond motifs is 6. The summed E-state index contributed by atoms with van der Waals surface area (Å²) < 4.78 is 25.5. The zero-order valence-electron chi connectivity index (χ0n) is 21.2.